The first kappa shape index (κ1) is 22.5. The monoisotopic (exact) mass is 420 g/mol. The molecule has 0 spiro atoms. The molecule has 12 nitrogen and oxygen atoms in total. The van der Waals surface area contributed by atoms with Crippen molar-refractivity contribution in [2.75, 3.05) is 6.61 Å². The van der Waals surface area contributed by atoms with Crippen LogP contribution < -0.4 is 22.1 Å². The molecule has 0 aromatic carbocycles. The molecule has 1 aromatic heterocycles. The maximum atomic E-state index is 12.0. The summed E-state index contributed by atoms with van der Waals surface area (Å²) in [5.74, 6) is -0.575. The van der Waals surface area contributed by atoms with E-state index in [0.29, 0.717) is 0 Å². The van der Waals surface area contributed by atoms with Crippen molar-refractivity contribution in [3.63, 3.8) is 0 Å². The number of aromatic amines is 1. The molecule has 1 saturated heterocycles. The Morgan fingerprint density at radius 1 is 1.46 bits per heavy atom. The lowest BCUT2D eigenvalue weighted by atomic mass is 10.1. The Kier molecular flexibility index (Phi) is 7.70. The molecule has 5 N–H and O–H groups in total. The second kappa shape index (κ2) is 9.59. The van der Waals surface area contributed by atoms with Gasteiger partial charge in [-0.15, -0.1) is 0 Å². The topological polar surface area (TPSA) is 175 Å². The van der Waals surface area contributed by atoms with Crippen molar-refractivity contribution in [1.82, 2.24) is 14.6 Å². The Morgan fingerprint density at radius 2 is 2.14 bits per heavy atom. The number of carbonyl (C=O) groups is 1. The number of ether oxygens (including phenoxy) is 2. The highest BCUT2D eigenvalue weighted by atomic mass is 31.1. The van der Waals surface area contributed by atoms with Gasteiger partial charge in [-0.1, -0.05) is 0 Å². The summed E-state index contributed by atoms with van der Waals surface area (Å²) < 4.78 is 28.7. The molecular formula is C15H25N4O8P. The number of aliphatic hydroxyl groups is 1. The number of esters is 1. The van der Waals surface area contributed by atoms with Gasteiger partial charge in [0.05, 0.1) is 18.8 Å². The van der Waals surface area contributed by atoms with Crippen molar-refractivity contribution in [3.05, 3.63) is 33.1 Å². The highest BCUT2D eigenvalue weighted by Gasteiger charge is 2.43. The van der Waals surface area contributed by atoms with Gasteiger partial charge in [-0.2, -0.15) is 0 Å². The second-order valence-corrected chi connectivity index (χ2v) is 7.75. The minimum absolute atomic E-state index is 0.291. The van der Waals surface area contributed by atoms with Crippen molar-refractivity contribution < 1.29 is 28.5 Å². The smallest absolute Gasteiger partial charge is 0.330 e. The molecule has 13 heteroatoms. The quantitative estimate of drug-likeness (QED) is 0.285. The van der Waals surface area contributed by atoms with E-state index in [2.05, 4.69) is 10.1 Å². The van der Waals surface area contributed by atoms with Crippen molar-refractivity contribution in [2.45, 2.75) is 57.4 Å². The van der Waals surface area contributed by atoms with E-state index in [1.807, 2.05) is 0 Å². The van der Waals surface area contributed by atoms with Gasteiger partial charge in [0.25, 0.3) is 13.7 Å². The van der Waals surface area contributed by atoms with Gasteiger partial charge in [-0.05, 0) is 20.8 Å². The average Bonchev–Trinajstić information content (AvgIpc) is 2.87. The predicted octanol–water partition coefficient (Wildman–Crippen LogP) is -1.54. The van der Waals surface area contributed by atoms with E-state index in [-0.39, 0.29) is 12.7 Å². The maximum Gasteiger partial charge on any atom is 0.330 e. The summed E-state index contributed by atoms with van der Waals surface area (Å²) in [4.78, 5) is 36.8. The van der Waals surface area contributed by atoms with Gasteiger partial charge in [0, 0.05) is 12.3 Å². The molecule has 1 fully saturated rings. The molecule has 1 unspecified atom stereocenters. The number of nitrogens with zero attached hydrogens (tertiary/aromatic N) is 1. The molecule has 1 aromatic rings. The molecule has 28 heavy (non-hydrogen) atoms. The fourth-order valence-electron chi connectivity index (χ4n) is 2.55. The third kappa shape index (κ3) is 5.60. The zero-order valence-electron chi connectivity index (χ0n) is 15.7. The molecular weight excluding hydrogens is 395 g/mol. The Labute approximate surface area is 160 Å². The van der Waals surface area contributed by atoms with Crippen molar-refractivity contribution >= 4 is 14.1 Å². The van der Waals surface area contributed by atoms with Crippen LogP contribution in [0.4, 0.5) is 0 Å². The lowest BCUT2D eigenvalue weighted by Crippen LogP contribution is -2.43. The lowest BCUT2D eigenvalue weighted by Gasteiger charge is -2.18. The molecule has 1 aliphatic rings. The number of nitrogens with two attached hydrogens (primary N) is 1. The molecule has 0 amide bonds. The SMILES string of the molecule is CC(C)OC(=O)[C@H](C)N[PH](=O)OC[C@H]1O[C@@H](n2ccc(=O)[nH]c2=O)[C@H](N)[C@@H]1O. The predicted molar refractivity (Wildman–Crippen MR) is 98.0 cm³/mol. The highest BCUT2D eigenvalue weighted by molar-refractivity contribution is 7.36. The molecule has 6 atom stereocenters. The second-order valence-electron chi connectivity index (χ2n) is 6.60. The van der Waals surface area contributed by atoms with Crippen LogP contribution in [0.2, 0.25) is 0 Å². The number of aliphatic hydroxyl groups excluding tert-OH is 1. The highest BCUT2D eigenvalue weighted by Crippen LogP contribution is 2.29. The minimum Gasteiger partial charge on any atom is -0.462 e. The van der Waals surface area contributed by atoms with E-state index in [1.54, 1.807) is 13.8 Å². The van der Waals surface area contributed by atoms with Gasteiger partial charge in [0.1, 0.15) is 18.2 Å². The average molecular weight is 420 g/mol. The standard InChI is InChI=1S/C15H25N4O8P/c1-7(2)26-14(22)8(3)18-28(24)25-6-9-12(21)11(16)13(27-9)19-5-4-10(20)17-15(19)23/h4-5,7-9,11-13,21,28H,6,16H2,1-3H3,(H,18,24)(H,17,20,23)/t8-,9+,11+,12+,13+/m0/s1. The number of nitrogens with one attached hydrogen (secondary N) is 2. The van der Waals surface area contributed by atoms with Crippen LogP contribution in [-0.4, -0.2) is 57.6 Å². The molecule has 1 aliphatic heterocycles. The number of H-pyrrole nitrogens is 1. The number of carbonyl (C=O) groups excluding carboxylic acids is 1. The number of aromatic nitrogens is 2. The summed E-state index contributed by atoms with van der Waals surface area (Å²) in [5, 5.41) is 12.7. The van der Waals surface area contributed by atoms with Gasteiger partial charge >= 0.3 is 11.7 Å². The van der Waals surface area contributed by atoms with E-state index >= 15 is 0 Å². The first-order valence-corrected chi connectivity index (χ1v) is 9.96. The summed E-state index contributed by atoms with van der Waals surface area (Å²) in [6, 6.07) is -0.709. The van der Waals surface area contributed by atoms with Gasteiger partial charge in [0.2, 0.25) is 0 Å². The number of hydrogen-bond donors (Lipinski definition) is 4. The fraction of sp³-hybridized carbons (Fsp3) is 0.667. The number of rotatable bonds is 8. The van der Waals surface area contributed by atoms with Crippen molar-refractivity contribution in [2.24, 2.45) is 5.73 Å². The van der Waals surface area contributed by atoms with Crippen LogP contribution in [-0.2, 0) is 23.4 Å². The summed E-state index contributed by atoms with van der Waals surface area (Å²) in [5.41, 5.74) is 4.57. The lowest BCUT2D eigenvalue weighted by molar-refractivity contribution is -0.149. The Hall–Kier alpha value is -1.82. The van der Waals surface area contributed by atoms with E-state index < -0.39 is 55.9 Å². The Balaban J connectivity index is 1.92. The maximum absolute atomic E-state index is 12.0. The van der Waals surface area contributed by atoms with Crippen LogP contribution in [0.5, 0.6) is 0 Å². The summed E-state index contributed by atoms with van der Waals surface area (Å²) >= 11 is 0. The normalized spacial score (nSPS) is 26.9. The first-order valence-electron chi connectivity index (χ1n) is 8.64. The van der Waals surface area contributed by atoms with Crippen molar-refractivity contribution in [3.8, 4) is 0 Å². The van der Waals surface area contributed by atoms with E-state index in [9.17, 15) is 24.1 Å². The van der Waals surface area contributed by atoms with Crippen LogP contribution >= 0.6 is 8.18 Å². The zero-order chi connectivity index (χ0) is 21.0. The van der Waals surface area contributed by atoms with E-state index in [1.165, 1.54) is 13.1 Å². The Morgan fingerprint density at radius 3 is 2.75 bits per heavy atom. The van der Waals surface area contributed by atoms with Crippen LogP contribution in [0.25, 0.3) is 0 Å². The van der Waals surface area contributed by atoms with Gasteiger partial charge in [0.15, 0.2) is 6.23 Å². The molecule has 0 saturated carbocycles. The van der Waals surface area contributed by atoms with Crippen LogP contribution in [0, 0.1) is 0 Å². The Bertz CT molecular complexity index is 825. The van der Waals surface area contributed by atoms with E-state index in [4.69, 9.17) is 19.7 Å². The molecule has 2 rings (SSSR count). The van der Waals surface area contributed by atoms with Gasteiger partial charge in [-0.25, -0.2) is 9.88 Å². The van der Waals surface area contributed by atoms with Crippen LogP contribution in [0.3, 0.4) is 0 Å². The summed E-state index contributed by atoms with van der Waals surface area (Å²) in [7, 11) is -2.84. The van der Waals surface area contributed by atoms with Crippen molar-refractivity contribution in [1.29, 1.82) is 0 Å². The third-order valence-corrected chi connectivity index (χ3v) is 5.06. The molecule has 0 aliphatic carbocycles. The molecule has 0 bridgehead atoms. The largest absolute Gasteiger partial charge is 0.462 e. The summed E-state index contributed by atoms with van der Waals surface area (Å²) in [6.07, 6.45) is -2.32. The first-order chi connectivity index (χ1) is 13.1. The minimum atomic E-state index is -2.84. The molecule has 2 heterocycles. The van der Waals surface area contributed by atoms with E-state index in [0.717, 1.165) is 10.6 Å². The molecule has 0 radical (unpaired) electrons. The molecule has 158 valence electrons. The fourth-order valence-corrected chi connectivity index (χ4v) is 3.42. The van der Waals surface area contributed by atoms with Crippen LogP contribution in [0.1, 0.15) is 27.0 Å². The zero-order valence-corrected chi connectivity index (χ0v) is 16.7. The van der Waals surface area contributed by atoms with Crippen LogP contribution in [0.15, 0.2) is 21.9 Å². The third-order valence-electron chi connectivity index (χ3n) is 3.96. The van der Waals surface area contributed by atoms with Gasteiger partial charge in [-0.3, -0.25) is 23.7 Å². The number of hydrogen-bond acceptors (Lipinski definition) is 9. The summed E-state index contributed by atoms with van der Waals surface area (Å²) in [6.45, 7) is 4.57. The van der Waals surface area contributed by atoms with Gasteiger partial charge < -0.3 is 24.8 Å².